The molecule has 2 rings (SSSR count). The lowest BCUT2D eigenvalue weighted by Gasteiger charge is -2.13. The highest BCUT2D eigenvalue weighted by atomic mass is 16.4. The van der Waals surface area contributed by atoms with Gasteiger partial charge in [-0.05, 0) is 36.6 Å². The molecule has 1 amide bonds. The Morgan fingerprint density at radius 3 is 2.84 bits per heavy atom. The number of carboxylic acid groups (broad SMARTS) is 1. The van der Waals surface area contributed by atoms with E-state index in [-0.39, 0.29) is 18.4 Å². The first-order chi connectivity index (χ1) is 9.06. The molecular weight excluding hydrogens is 244 g/mol. The predicted octanol–water partition coefficient (Wildman–Crippen LogP) is 1.27. The summed E-state index contributed by atoms with van der Waals surface area (Å²) in [4.78, 5) is 22.5. The Morgan fingerprint density at radius 1 is 1.37 bits per heavy atom. The van der Waals surface area contributed by atoms with Crippen LogP contribution in [0.5, 0.6) is 0 Å². The quantitative estimate of drug-likeness (QED) is 0.746. The molecule has 1 unspecified atom stereocenters. The molecular formula is C14H18N2O3. The van der Waals surface area contributed by atoms with Gasteiger partial charge in [-0.25, -0.2) is 0 Å². The molecule has 0 fully saturated rings. The van der Waals surface area contributed by atoms with E-state index in [4.69, 9.17) is 5.11 Å². The molecule has 0 saturated carbocycles. The molecule has 0 radical (unpaired) electrons. The number of hydrogen-bond donors (Lipinski definition) is 3. The molecule has 5 heteroatoms. The van der Waals surface area contributed by atoms with E-state index in [0.717, 1.165) is 18.7 Å². The van der Waals surface area contributed by atoms with Crippen LogP contribution in [0.15, 0.2) is 18.2 Å². The van der Waals surface area contributed by atoms with Gasteiger partial charge in [0, 0.05) is 31.1 Å². The number of carboxylic acids is 1. The fourth-order valence-corrected chi connectivity index (χ4v) is 2.16. The van der Waals surface area contributed by atoms with Crippen LogP contribution < -0.4 is 10.6 Å². The summed E-state index contributed by atoms with van der Waals surface area (Å²) >= 11 is 0. The summed E-state index contributed by atoms with van der Waals surface area (Å²) in [5.74, 6) is -0.989. The van der Waals surface area contributed by atoms with Crippen molar-refractivity contribution in [1.29, 1.82) is 0 Å². The minimum atomic E-state index is -0.843. The summed E-state index contributed by atoms with van der Waals surface area (Å²) in [5.41, 5.74) is 3.02. The van der Waals surface area contributed by atoms with Crippen molar-refractivity contribution in [1.82, 2.24) is 10.6 Å². The Labute approximate surface area is 112 Å². The highest BCUT2D eigenvalue weighted by Crippen LogP contribution is 2.17. The number of amides is 1. The van der Waals surface area contributed by atoms with Crippen molar-refractivity contribution in [2.24, 2.45) is 0 Å². The molecule has 3 N–H and O–H groups in total. The molecule has 0 aliphatic carbocycles. The van der Waals surface area contributed by atoms with Gasteiger partial charge < -0.3 is 15.7 Å². The maximum Gasteiger partial charge on any atom is 0.303 e. The highest BCUT2D eigenvalue weighted by Gasteiger charge is 2.15. The van der Waals surface area contributed by atoms with E-state index in [1.54, 1.807) is 0 Å². The second-order valence-corrected chi connectivity index (χ2v) is 4.89. The predicted molar refractivity (Wildman–Crippen MR) is 70.8 cm³/mol. The van der Waals surface area contributed by atoms with Gasteiger partial charge in [0.1, 0.15) is 0 Å². The van der Waals surface area contributed by atoms with Gasteiger partial charge >= 0.3 is 5.97 Å². The zero-order valence-electron chi connectivity index (χ0n) is 10.9. The fourth-order valence-electron chi connectivity index (χ4n) is 2.16. The van der Waals surface area contributed by atoms with Crippen molar-refractivity contribution >= 4 is 11.9 Å². The monoisotopic (exact) mass is 262 g/mol. The van der Waals surface area contributed by atoms with Crippen LogP contribution in [0.4, 0.5) is 0 Å². The topological polar surface area (TPSA) is 78.4 Å². The minimum Gasteiger partial charge on any atom is -0.481 e. The molecule has 1 aliphatic heterocycles. The van der Waals surface area contributed by atoms with Gasteiger partial charge in [-0.15, -0.1) is 0 Å². The van der Waals surface area contributed by atoms with Crippen molar-refractivity contribution in [2.75, 3.05) is 0 Å². The standard InChI is InChI=1S/C14H18N2O3/c1-9(2-5-13(17)18)16-14(19)10-3-4-11-7-15-8-12(11)6-10/h3-4,6,9,15H,2,5,7-8H2,1H3,(H,16,19)(H,17,18). The van der Waals surface area contributed by atoms with Gasteiger partial charge in [0.05, 0.1) is 0 Å². The van der Waals surface area contributed by atoms with Crippen LogP contribution >= 0.6 is 0 Å². The third kappa shape index (κ3) is 3.54. The molecule has 102 valence electrons. The first-order valence-corrected chi connectivity index (χ1v) is 6.41. The Bertz CT molecular complexity index is 499. The Morgan fingerprint density at radius 2 is 2.11 bits per heavy atom. The molecule has 0 spiro atoms. The zero-order valence-corrected chi connectivity index (χ0v) is 10.9. The van der Waals surface area contributed by atoms with Gasteiger partial charge in [0.15, 0.2) is 0 Å². The second kappa shape index (κ2) is 5.84. The molecule has 1 aromatic rings. The van der Waals surface area contributed by atoms with E-state index in [1.807, 2.05) is 25.1 Å². The number of aliphatic carboxylic acids is 1. The summed E-state index contributed by atoms with van der Waals surface area (Å²) in [6.45, 7) is 3.47. The van der Waals surface area contributed by atoms with E-state index in [1.165, 1.54) is 5.56 Å². The van der Waals surface area contributed by atoms with Crippen LogP contribution in [0.25, 0.3) is 0 Å². The van der Waals surface area contributed by atoms with E-state index < -0.39 is 5.97 Å². The van der Waals surface area contributed by atoms with Gasteiger partial charge in [-0.1, -0.05) is 6.07 Å². The molecule has 5 nitrogen and oxygen atoms in total. The average molecular weight is 262 g/mol. The number of benzene rings is 1. The first kappa shape index (κ1) is 13.5. The molecule has 0 bridgehead atoms. The van der Waals surface area contributed by atoms with Crippen LogP contribution in [0.2, 0.25) is 0 Å². The van der Waals surface area contributed by atoms with Gasteiger partial charge in [0.25, 0.3) is 5.91 Å². The second-order valence-electron chi connectivity index (χ2n) is 4.89. The molecule has 0 saturated heterocycles. The smallest absolute Gasteiger partial charge is 0.303 e. The maximum atomic E-state index is 12.0. The van der Waals surface area contributed by atoms with Crippen molar-refractivity contribution in [3.8, 4) is 0 Å². The molecule has 19 heavy (non-hydrogen) atoms. The van der Waals surface area contributed by atoms with Gasteiger partial charge in [-0.2, -0.15) is 0 Å². The first-order valence-electron chi connectivity index (χ1n) is 6.41. The normalized spacial score (nSPS) is 14.8. The summed E-state index contributed by atoms with van der Waals surface area (Å²) in [7, 11) is 0. The molecule has 1 aromatic carbocycles. The molecule has 0 aromatic heterocycles. The van der Waals surface area contributed by atoms with E-state index in [0.29, 0.717) is 12.0 Å². The minimum absolute atomic E-state index is 0.0650. The summed E-state index contributed by atoms with van der Waals surface area (Å²) in [6, 6.07) is 5.53. The maximum absolute atomic E-state index is 12.0. The Kier molecular flexibility index (Phi) is 4.16. The Hall–Kier alpha value is -1.88. The average Bonchev–Trinajstić information content (AvgIpc) is 2.83. The number of nitrogens with one attached hydrogen (secondary N) is 2. The highest BCUT2D eigenvalue weighted by molar-refractivity contribution is 5.94. The van der Waals surface area contributed by atoms with E-state index in [2.05, 4.69) is 10.6 Å². The van der Waals surface area contributed by atoms with Crippen molar-refractivity contribution < 1.29 is 14.7 Å². The number of carbonyl (C=O) groups excluding carboxylic acids is 1. The lowest BCUT2D eigenvalue weighted by atomic mass is 10.1. The number of carbonyl (C=O) groups is 2. The van der Waals surface area contributed by atoms with Crippen molar-refractivity contribution in [3.63, 3.8) is 0 Å². The Balaban J connectivity index is 1.94. The lowest BCUT2D eigenvalue weighted by Crippen LogP contribution is -2.33. The van der Waals surface area contributed by atoms with Crippen LogP contribution in [-0.4, -0.2) is 23.0 Å². The SMILES string of the molecule is CC(CCC(=O)O)NC(=O)c1ccc2c(c1)CNC2. The molecule has 1 aliphatic rings. The zero-order chi connectivity index (χ0) is 13.8. The third-order valence-corrected chi connectivity index (χ3v) is 3.27. The number of rotatable bonds is 5. The van der Waals surface area contributed by atoms with Crippen LogP contribution in [0.3, 0.4) is 0 Å². The summed E-state index contributed by atoms with van der Waals surface area (Å²) in [5, 5.41) is 14.7. The largest absolute Gasteiger partial charge is 0.481 e. The summed E-state index contributed by atoms with van der Waals surface area (Å²) < 4.78 is 0. The van der Waals surface area contributed by atoms with Crippen LogP contribution in [0.1, 0.15) is 41.3 Å². The van der Waals surface area contributed by atoms with E-state index in [9.17, 15) is 9.59 Å². The molecule has 1 atom stereocenters. The fraction of sp³-hybridized carbons (Fsp3) is 0.429. The van der Waals surface area contributed by atoms with Crippen LogP contribution in [0, 0.1) is 0 Å². The number of fused-ring (bicyclic) bond motifs is 1. The van der Waals surface area contributed by atoms with E-state index >= 15 is 0 Å². The molecule has 1 heterocycles. The van der Waals surface area contributed by atoms with Gasteiger partial charge in [-0.3, -0.25) is 9.59 Å². The summed E-state index contributed by atoms with van der Waals surface area (Å²) in [6.07, 6.45) is 0.503. The van der Waals surface area contributed by atoms with Gasteiger partial charge in [0.2, 0.25) is 0 Å². The lowest BCUT2D eigenvalue weighted by molar-refractivity contribution is -0.137. The third-order valence-electron chi connectivity index (χ3n) is 3.27. The van der Waals surface area contributed by atoms with Crippen molar-refractivity contribution in [2.45, 2.75) is 38.9 Å². The van der Waals surface area contributed by atoms with Crippen LogP contribution in [-0.2, 0) is 17.9 Å². The number of hydrogen-bond acceptors (Lipinski definition) is 3. The van der Waals surface area contributed by atoms with Crippen molar-refractivity contribution in [3.05, 3.63) is 34.9 Å².